The van der Waals surface area contributed by atoms with Gasteiger partial charge in [-0.25, -0.2) is 4.98 Å². The molecule has 0 amide bonds. The highest BCUT2D eigenvalue weighted by molar-refractivity contribution is 14.0. The molecule has 0 saturated heterocycles. The van der Waals surface area contributed by atoms with E-state index in [1.807, 2.05) is 25.1 Å². The minimum absolute atomic E-state index is 0. The minimum atomic E-state index is 0. The summed E-state index contributed by atoms with van der Waals surface area (Å²) in [5.74, 6) is 2.33. The lowest BCUT2D eigenvalue weighted by Crippen LogP contribution is -2.43. The predicted molar refractivity (Wildman–Crippen MR) is 119 cm³/mol. The number of aliphatic imine (C=N–C) groups is 1. The van der Waals surface area contributed by atoms with E-state index in [0.717, 1.165) is 17.3 Å². The van der Waals surface area contributed by atoms with E-state index in [1.54, 1.807) is 7.05 Å². The summed E-state index contributed by atoms with van der Waals surface area (Å²) in [6.45, 7) is 7.27. The average Bonchev–Trinajstić information content (AvgIpc) is 2.57. The molecule has 0 saturated carbocycles. The molecule has 138 valence electrons. The number of rotatable bonds is 5. The number of para-hydroxylation sites is 1. The molecule has 0 spiro atoms. The quantitative estimate of drug-likeness (QED) is 0.411. The third kappa shape index (κ3) is 5.73. The lowest BCUT2D eigenvalue weighted by atomic mass is 10.1. The number of hydrogen-bond acceptors (Lipinski definition) is 3. The maximum atomic E-state index is 4.71. The fourth-order valence-electron chi connectivity index (χ4n) is 2.36. The van der Waals surface area contributed by atoms with Crippen LogP contribution in [0.3, 0.4) is 0 Å². The third-order valence-corrected chi connectivity index (χ3v) is 4.28. The van der Waals surface area contributed by atoms with E-state index in [0.29, 0.717) is 18.5 Å². The molecule has 1 atom stereocenters. The van der Waals surface area contributed by atoms with Gasteiger partial charge in [-0.05, 0) is 30.5 Å². The van der Waals surface area contributed by atoms with E-state index in [4.69, 9.17) is 4.98 Å². The molecule has 1 heterocycles. The second-order valence-corrected chi connectivity index (χ2v) is 6.65. The lowest BCUT2D eigenvalue weighted by molar-refractivity contribution is 0.481. The fraction of sp³-hybridized carbons (Fsp3) is 0.474. The van der Waals surface area contributed by atoms with Crippen LogP contribution in [0.5, 0.6) is 0 Å². The van der Waals surface area contributed by atoms with Gasteiger partial charge < -0.3 is 15.5 Å². The van der Waals surface area contributed by atoms with Crippen LogP contribution in [0.15, 0.2) is 35.3 Å². The van der Waals surface area contributed by atoms with Crippen LogP contribution in [0.4, 0.5) is 5.82 Å². The number of halogens is 1. The molecule has 1 aromatic carbocycles. The number of fused-ring (bicyclic) bond motifs is 1. The van der Waals surface area contributed by atoms with E-state index in [1.165, 1.54) is 10.9 Å². The molecular weight excluding hydrogens is 425 g/mol. The standard InChI is InChI=1S/C19H29N5.HI/c1-13(2)14(3)22-19(20-4)21-12-15-11-18(24(5)6)23-17-10-8-7-9-16(15)17;/h7-11,13-14H,12H2,1-6H3,(H2,20,21,22);1H. The molecule has 1 unspecified atom stereocenters. The van der Waals surface area contributed by atoms with E-state index >= 15 is 0 Å². The Balaban J connectivity index is 0.00000312. The highest BCUT2D eigenvalue weighted by Crippen LogP contribution is 2.21. The average molecular weight is 455 g/mol. The van der Waals surface area contributed by atoms with Gasteiger partial charge in [-0.2, -0.15) is 0 Å². The maximum Gasteiger partial charge on any atom is 0.191 e. The van der Waals surface area contributed by atoms with E-state index in [2.05, 4.69) is 60.7 Å². The third-order valence-electron chi connectivity index (χ3n) is 4.28. The van der Waals surface area contributed by atoms with Gasteiger partial charge in [0, 0.05) is 39.1 Å². The summed E-state index contributed by atoms with van der Waals surface area (Å²) in [4.78, 5) is 11.1. The summed E-state index contributed by atoms with van der Waals surface area (Å²) >= 11 is 0. The zero-order chi connectivity index (χ0) is 17.7. The number of pyridine rings is 1. The number of hydrogen-bond donors (Lipinski definition) is 2. The van der Waals surface area contributed by atoms with Gasteiger partial charge in [-0.15, -0.1) is 24.0 Å². The first-order chi connectivity index (χ1) is 11.4. The summed E-state index contributed by atoms with van der Waals surface area (Å²) in [6, 6.07) is 10.7. The Kier molecular flexibility index (Phi) is 8.41. The number of aromatic nitrogens is 1. The topological polar surface area (TPSA) is 52.6 Å². The second kappa shape index (κ2) is 9.79. The van der Waals surface area contributed by atoms with Crippen molar-refractivity contribution in [3.8, 4) is 0 Å². The van der Waals surface area contributed by atoms with Gasteiger partial charge in [0.1, 0.15) is 5.82 Å². The Labute approximate surface area is 168 Å². The van der Waals surface area contributed by atoms with Crippen molar-refractivity contribution in [1.82, 2.24) is 15.6 Å². The molecule has 1 aromatic heterocycles. The molecule has 2 N–H and O–H groups in total. The van der Waals surface area contributed by atoms with Crippen LogP contribution in [0.25, 0.3) is 10.9 Å². The lowest BCUT2D eigenvalue weighted by Gasteiger charge is -2.21. The van der Waals surface area contributed by atoms with Crippen molar-refractivity contribution >= 4 is 46.7 Å². The van der Waals surface area contributed by atoms with Gasteiger partial charge in [-0.1, -0.05) is 32.0 Å². The zero-order valence-corrected chi connectivity index (χ0v) is 18.3. The van der Waals surface area contributed by atoms with Crippen LogP contribution in [0, 0.1) is 5.92 Å². The molecule has 0 fully saturated rings. The normalized spacial score (nSPS) is 12.7. The molecule has 6 heteroatoms. The Morgan fingerprint density at radius 1 is 1.20 bits per heavy atom. The Morgan fingerprint density at radius 2 is 1.88 bits per heavy atom. The van der Waals surface area contributed by atoms with Crippen LogP contribution in [0.1, 0.15) is 26.3 Å². The molecule has 0 aliphatic rings. The highest BCUT2D eigenvalue weighted by Gasteiger charge is 2.11. The Morgan fingerprint density at radius 3 is 2.48 bits per heavy atom. The van der Waals surface area contributed by atoms with E-state index < -0.39 is 0 Å². The van der Waals surface area contributed by atoms with Gasteiger partial charge in [0.2, 0.25) is 0 Å². The van der Waals surface area contributed by atoms with Crippen LogP contribution < -0.4 is 15.5 Å². The molecule has 2 rings (SSSR count). The van der Waals surface area contributed by atoms with Crippen LogP contribution in [-0.2, 0) is 6.54 Å². The second-order valence-electron chi connectivity index (χ2n) is 6.65. The zero-order valence-electron chi connectivity index (χ0n) is 16.0. The number of nitrogens with one attached hydrogen (secondary N) is 2. The first-order valence-electron chi connectivity index (χ1n) is 8.45. The van der Waals surface area contributed by atoms with Crippen molar-refractivity contribution in [1.29, 1.82) is 0 Å². The monoisotopic (exact) mass is 455 g/mol. The number of nitrogens with zero attached hydrogens (tertiary/aromatic N) is 3. The van der Waals surface area contributed by atoms with Gasteiger partial charge in [0.15, 0.2) is 5.96 Å². The summed E-state index contributed by atoms with van der Waals surface area (Å²) in [6.07, 6.45) is 0. The van der Waals surface area contributed by atoms with Crippen molar-refractivity contribution in [2.24, 2.45) is 10.9 Å². The molecule has 0 aliphatic carbocycles. The van der Waals surface area contributed by atoms with Gasteiger partial charge in [0.05, 0.1) is 5.52 Å². The van der Waals surface area contributed by atoms with Crippen molar-refractivity contribution < 1.29 is 0 Å². The summed E-state index contributed by atoms with van der Waals surface area (Å²) in [7, 11) is 5.83. The summed E-state index contributed by atoms with van der Waals surface area (Å²) in [5.41, 5.74) is 2.23. The Bertz CT molecular complexity index is 712. The molecule has 0 aliphatic heterocycles. The Hall–Kier alpha value is -1.57. The van der Waals surface area contributed by atoms with Crippen molar-refractivity contribution in [2.45, 2.75) is 33.4 Å². The number of benzene rings is 1. The van der Waals surface area contributed by atoms with Gasteiger partial charge >= 0.3 is 0 Å². The van der Waals surface area contributed by atoms with Crippen LogP contribution >= 0.6 is 24.0 Å². The van der Waals surface area contributed by atoms with E-state index in [9.17, 15) is 0 Å². The van der Waals surface area contributed by atoms with Crippen molar-refractivity contribution in [3.63, 3.8) is 0 Å². The minimum Gasteiger partial charge on any atom is -0.363 e. The van der Waals surface area contributed by atoms with Gasteiger partial charge in [0.25, 0.3) is 0 Å². The highest BCUT2D eigenvalue weighted by atomic mass is 127. The molecule has 25 heavy (non-hydrogen) atoms. The van der Waals surface area contributed by atoms with Gasteiger partial charge in [-0.3, -0.25) is 4.99 Å². The van der Waals surface area contributed by atoms with E-state index in [-0.39, 0.29) is 24.0 Å². The maximum absolute atomic E-state index is 4.71. The summed E-state index contributed by atoms with van der Waals surface area (Å²) in [5, 5.41) is 8.03. The van der Waals surface area contributed by atoms with Crippen molar-refractivity contribution in [3.05, 3.63) is 35.9 Å². The number of guanidine groups is 1. The molecule has 5 nitrogen and oxygen atoms in total. The smallest absolute Gasteiger partial charge is 0.191 e. The molecular formula is C19H30IN5. The fourth-order valence-corrected chi connectivity index (χ4v) is 2.36. The molecule has 2 aromatic rings. The summed E-state index contributed by atoms with van der Waals surface area (Å²) < 4.78 is 0. The van der Waals surface area contributed by atoms with Crippen molar-refractivity contribution in [2.75, 3.05) is 26.0 Å². The van der Waals surface area contributed by atoms with Crippen LogP contribution in [0.2, 0.25) is 0 Å². The first-order valence-corrected chi connectivity index (χ1v) is 8.45. The largest absolute Gasteiger partial charge is 0.363 e. The SMILES string of the molecule is CN=C(NCc1cc(N(C)C)nc2ccccc12)NC(C)C(C)C.I. The van der Waals surface area contributed by atoms with Crippen LogP contribution in [-0.4, -0.2) is 38.1 Å². The molecule has 0 bridgehead atoms. The molecule has 0 radical (unpaired) electrons. The number of anilines is 1. The first kappa shape index (κ1) is 21.5. The predicted octanol–water partition coefficient (Wildman–Crippen LogP) is 3.63.